The van der Waals surface area contributed by atoms with E-state index in [4.69, 9.17) is 0 Å². The Morgan fingerprint density at radius 3 is 2.77 bits per heavy atom. The van der Waals surface area contributed by atoms with Gasteiger partial charge in [-0.25, -0.2) is 0 Å². The van der Waals surface area contributed by atoms with Crippen molar-refractivity contribution in [3.63, 3.8) is 0 Å². The van der Waals surface area contributed by atoms with Crippen molar-refractivity contribution in [2.45, 2.75) is 32.4 Å². The van der Waals surface area contributed by atoms with Crippen LogP contribution in [0.25, 0.3) is 0 Å². The number of hydrogen-bond donors (Lipinski definition) is 2. The molecule has 1 amide bonds. The summed E-state index contributed by atoms with van der Waals surface area (Å²) in [7, 11) is 0. The lowest BCUT2D eigenvalue weighted by Gasteiger charge is -2.27. The van der Waals surface area contributed by atoms with Gasteiger partial charge in [0.05, 0.1) is 5.56 Å². The highest BCUT2D eigenvalue weighted by molar-refractivity contribution is 9.10. The SMILES string of the molecule is C[C@H]1CCc2c(sc3c2C(=O)N[C@H](c2ccc(Br)cc2)N3)C1. The molecule has 1 aliphatic carbocycles. The van der Waals surface area contributed by atoms with Gasteiger partial charge >= 0.3 is 0 Å². The zero-order chi connectivity index (χ0) is 15.3. The Morgan fingerprint density at radius 2 is 2.00 bits per heavy atom. The number of thiophene rings is 1. The minimum absolute atomic E-state index is 0.0636. The molecule has 0 fully saturated rings. The number of anilines is 1. The van der Waals surface area contributed by atoms with Gasteiger partial charge in [0, 0.05) is 9.35 Å². The molecule has 2 atom stereocenters. The second-order valence-electron chi connectivity index (χ2n) is 6.16. The summed E-state index contributed by atoms with van der Waals surface area (Å²) < 4.78 is 1.04. The predicted molar refractivity (Wildman–Crippen MR) is 93.5 cm³/mol. The second-order valence-corrected chi connectivity index (χ2v) is 8.18. The van der Waals surface area contributed by atoms with Crippen molar-refractivity contribution < 1.29 is 4.79 Å². The predicted octanol–water partition coefficient (Wildman–Crippen LogP) is 4.49. The maximum atomic E-state index is 12.6. The van der Waals surface area contributed by atoms with Crippen molar-refractivity contribution in [3.8, 4) is 0 Å². The summed E-state index contributed by atoms with van der Waals surface area (Å²) in [6, 6.07) is 8.06. The van der Waals surface area contributed by atoms with E-state index in [1.807, 2.05) is 24.3 Å². The Morgan fingerprint density at radius 1 is 1.23 bits per heavy atom. The average Bonchev–Trinajstić information content (AvgIpc) is 2.85. The second kappa shape index (κ2) is 5.39. The van der Waals surface area contributed by atoms with Crippen molar-refractivity contribution >= 4 is 38.2 Å². The standard InChI is InChI=1S/C17H17BrN2OS/c1-9-2-7-12-13(8-9)22-17-14(12)16(21)19-15(20-17)10-3-5-11(18)6-4-10/h3-6,9,15,20H,2,7-8H2,1H3,(H,19,21)/t9-,15-/m0/s1. The molecule has 114 valence electrons. The van der Waals surface area contributed by atoms with Gasteiger partial charge in [-0.05, 0) is 48.4 Å². The number of fused-ring (bicyclic) bond motifs is 3. The smallest absolute Gasteiger partial charge is 0.256 e. The molecule has 1 aromatic heterocycles. The van der Waals surface area contributed by atoms with Crippen LogP contribution in [0, 0.1) is 5.92 Å². The summed E-state index contributed by atoms with van der Waals surface area (Å²) in [4.78, 5) is 14.0. The first-order valence-corrected chi connectivity index (χ1v) is 9.20. The first-order valence-electron chi connectivity index (χ1n) is 7.59. The van der Waals surface area contributed by atoms with E-state index >= 15 is 0 Å². The highest BCUT2D eigenvalue weighted by Gasteiger charge is 2.32. The van der Waals surface area contributed by atoms with E-state index in [1.165, 1.54) is 16.9 Å². The summed E-state index contributed by atoms with van der Waals surface area (Å²) in [5, 5.41) is 7.64. The molecule has 0 radical (unpaired) electrons. The number of hydrogen-bond acceptors (Lipinski definition) is 3. The fourth-order valence-electron chi connectivity index (χ4n) is 3.28. The quantitative estimate of drug-likeness (QED) is 0.769. The number of nitrogens with one attached hydrogen (secondary N) is 2. The molecule has 2 aliphatic rings. The molecule has 22 heavy (non-hydrogen) atoms. The lowest BCUT2D eigenvalue weighted by atomic mass is 9.88. The van der Waals surface area contributed by atoms with Crippen LogP contribution in [0.1, 0.15) is 45.9 Å². The molecular formula is C17H17BrN2OS. The fourth-order valence-corrected chi connectivity index (χ4v) is 4.99. The average molecular weight is 377 g/mol. The van der Waals surface area contributed by atoms with Gasteiger partial charge in [-0.2, -0.15) is 0 Å². The molecule has 2 N–H and O–H groups in total. The van der Waals surface area contributed by atoms with Crippen molar-refractivity contribution in [1.29, 1.82) is 0 Å². The van der Waals surface area contributed by atoms with Crippen LogP contribution in [-0.2, 0) is 12.8 Å². The number of carbonyl (C=O) groups is 1. The molecule has 5 heteroatoms. The molecule has 0 bridgehead atoms. The maximum absolute atomic E-state index is 12.6. The zero-order valence-electron chi connectivity index (χ0n) is 12.3. The molecule has 2 heterocycles. The van der Waals surface area contributed by atoms with E-state index in [0.29, 0.717) is 0 Å². The van der Waals surface area contributed by atoms with Gasteiger partial charge in [-0.15, -0.1) is 11.3 Å². The summed E-state index contributed by atoms with van der Waals surface area (Å²) >= 11 is 5.21. The molecule has 0 unspecified atom stereocenters. The first kappa shape index (κ1) is 14.3. The third-order valence-electron chi connectivity index (χ3n) is 4.49. The summed E-state index contributed by atoms with van der Waals surface area (Å²) in [6.45, 7) is 2.29. The minimum Gasteiger partial charge on any atom is -0.353 e. The van der Waals surface area contributed by atoms with Gasteiger partial charge in [0.15, 0.2) is 0 Å². The highest BCUT2D eigenvalue weighted by Crippen LogP contribution is 2.42. The maximum Gasteiger partial charge on any atom is 0.256 e. The number of amides is 1. The van der Waals surface area contributed by atoms with Crippen LogP contribution in [0.2, 0.25) is 0 Å². The summed E-state index contributed by atoms with van der Waals surface area (Å²) in [5.41, 5.74) is 3.24. The zero-order valence-corrected chi connectivity index (χ0v) is 14.7. The van der Waals surface area contributed by atoms with E-state index in [1.54, 1.807) is 11.3 Å². The Labute approximate surface area is 142 Å². The molecule has 3 nitrogen and oxygen atoms in total. The summed E-state index contributed by atoms with van der Waals surface area (Å²) in [5.74, 6) is 0.784. The highest BCUT2D eigenvalue weighted by atomic mass is 79.9. The lowest BCUT2D eigenvalue weighted by Crippen LogP contribution is -2.38. The number of halogens is 1. The normalized spacial score (nSPS) is 23.3. The van der Waals surface area contributed by atoms with Gasteiger partial charge in [0.25, 0.3) is 5.91 Å². The molecule has 0 spiro atoms. The van der Waals surface area contributed by atoms with E-state index < -0.39 is 0 Å². The topological polar surface area (TPSA) is 41.1 Å². The van der Waals surface area contributed by atoms with E-state index in [2.05, 4.69) is 33.5 Å². The lowest BCUT2D eigenvalue weighted by molar-refractivity contribution is 0.0935. The molecular weight excluding hydrogens is 360 g/mol. The number of benzene rings is 1. The van der Waals surface area contributed by atoms with E-state index in [-0.39, 0.29) is 12.1 Å². The van der Waals surface area contributed by atoms with Gasteiger partial charge < -0.3 is 10.6 Å². The van der Waals surface area contributed by atoms with Crippen LogP contribution >= 0.6 is 27.3 Å². The third kappa shape index (κ3) is 2.36. The van der Waals surface area contributed by atoms with Gasteiger partial charge in [-0.3, -0.25) is 4.79 Å². The molecule has 0 saturated carbocycles. The van der Waals surface area contributed by atoms with Crippen LogP contribution in [0.5, 0.6) is 0 Å². The monoisotopic (exact) mass is 376 g/mol. The first-order chi connectivity index (χ1) is 10.6. The van der Waals surface area contributed by atoms with Gasteiger partial charge in [0.2, 0.25) is 0 Å². The Kier molecular flexibility index (Phi) is 3.50. The van der Waals surface area contributed by atoms with E-state index in [9.17, 15) is 4.79 Å². The molecule has 1 aromatic carbocycles. The van der Waals surface area contributed by atoms with Crippen LogP contribution < -0.4 is 10.6 Å². The molecule has 0 saturated heterocycles. The largest absolute Gasteiger partial charge is 0.353 e. The van der Waals surface area contributed by atoms with Crippen LogP contribution in [0.4, 0.5) is 5.00 Å². The Balaban J connectivity index is 1.69. The fraction of sp³-hybridized carbons (Fsp3) is 0.353. The van der Waals surface area contributed by atoms with Crippen LogP contribution in [0.3, 0.4) is 0 Å². The van der Waals surface area contributed by atoms with Crippen molar-refractivity contribution in [1.82, 2.24) is 5.32 Å². The number of rotatable bonds is 1. The van der Waals surface area contributed by atoms with Crippen molar-refractivity contribution in [3.05, 3.63) is 50.3 Å². The van der Waals surface area contributed by atoms with Gasteiger partial charge in [-0.1, -0.05) is 35.0 Å². The molecule has 4 rings (SSSR count). The van der Waals surface area contributed by atoms with Gasteiger partial charge in [0.1, 0.15) is 11.2 Å². The Bertz CT molecular complexity index is 738. The number of carbonyl (C=O) groups excluding carboxylic acids is 1. The third-order valence-corrected chi connectivity index (χ3v) is 6.21. The molecule has 1 aliphatic heterocycles. The molecule has 2 aromatic rings. The van der Waals surface area contributed by atoms with Crippen LogP contribution in [-0.4, -0.2) is 5.91 Å². The van der Waals surface area contributed by atoms with Crippen LogP contribution in [0.15, 0.2) is 28.7 Å². The van der Waals surface area contributed by atoms with E-state index in [0.717, 1.165) is 39.4 Å². The minimum atomic E-state index is -0.148. The van der Waals surface area contributed by atoms with Crippen molar-refractivity contribution in [2.75, 3.05) is 5.32 Å². The van der Waals surface area contributed by atoms with Crippen molar-refractivity contribution in [2.24, 2.45) is 5.92 Å². The Hall–Kier alpha value is -1.33. The summed E-state index contributed by atoms with van der Waals surface area (Å²) in [6.07, 6.45) is 3.16.